The van der Waals surface area contributed by atoms with Gasteiger partial charge in [0.1, 0.15) is 0 Å². The molecule has 0 aromatic heterocycles. The minimum absolute atomic E-state index is 0.00114. The molecule has 0 spiro atoms. The van der Waals surface area contributed by atoms with Gasteiger partial charge in [-0.2, -0.15) is 0 Å². The lowest BCUT2D eigenvalue weighted by Gasteiger charge is -2.22. The molecular formula is C59H115NO5. The summed E-state index contributed by atoms with van der Waals surface area (Å²) >= 11 is 0. The van der Waals surface area contributed by atoms with Crippen molar-refractivity contribution < 1.29 is 24.5 Å². The smallest absolute Gasteiger partial charge is 0.305 e. The number of allylic oxidation sites excluding steroid dienone is 2. The summed E-state index contributed by atoms with van der Waals surface area (Å²) < 4.78 is 5.47. The van der Waals surface area contributed by atoms with Crippen LogP contribution in [0.5, 0.6) is 0 Å². The third-order valence-corrected chi connectivity index (χ3v) is 13.8. The first-order valence-corrected chi connectivity index (χ1v) is 29.4. The van der Waals surface area contributed by atoms with Gasteiger partial charge in [-0.15, -0.1) is 0 Å². The van der Waals surface area contributed by atoms with E-state index in [1.54, 1.807) is 0 Å². The Morgan fingerprint density at radius 1 is 0.415 bits per heavy atom. The van der Waals surface area contributed by atoms with Gasteiger partial charge >= 0.3 is 5.97 Å². The molecule has 0 saturated carbocycles. The van der Waals surface area contributed by atoms with E-state index in [-0.39, 0.29) is 18.5 Å². The summed E-state index contributed by atoms with van der Waals surface area (Å²) in [6.45, 7) is 4.96. The van der Waals surface area contributed by atoms with Crippen molar-refractivity contribution in [1.29, 1.82) is 0 Å². The van der Waals surface area contributed by atoms with Crippen LogP contribution in [0.2, 0.25) is 0 Å². The fraction of sp³-hybridized carbons (Fsp3) is 0.932. The number of rotatable bonds is 55. The normalized spacial score (nSPS) is 12.6. The Hall–Kier alpha value is -1.40. The zero-order valence-corrected chi connectivity index (χ0v) is 44.0. The van der Waals surface area contributed by atoms with Gasteiger partial charge in [-0.1, -0.05) is 276 Å². The van der Waals surface area contributed by atoms with E-state index in [0.717, 1.165) is 51.4 Å². The minimum Gasteiger partial charge on any atom is -0.466 e. The molecule has 0 aliphatic carbocycles. The van der Waals surface area contributed by atoms with Crippen LogP contribution in [0, 0.1) is 0 Å². The van der Waals surface area contributed by atoms with E-state index in [0.29, 0.717) is 25.9 Å². The van der Waals surface area contributed by atoms with Crippen molar-refractivity contribution in [2.45, 2.75) is 341 Å². The summed E-state index contributed by atoms with van der Waals surface area (Å²) in [6.07, 6.45) is 64.9. The van der Waals surface area contributed by atoms with Crippen LogP contribution in [0.25, 0.3) is 0 Å². The molecule has 3 N–H and O–H groups in total. The molecule has 0 aromatic rings. The second-order valence-electron chi connectivity index (χ2n) is 20.3. The van der Waals surface area contributed by atoms with Crippen LogP contribution in [-0.4, -0.2) is 47.4 Å². The van der Waals surface area contributed by atoms with Gasteiger partial charge in [-0.05, 0) is 51.4 Å². The summed E-state index contributed by atoms with van der Waals surface area (Å²) in [5.41, 5.74) is 0. The lowest BCUT2D eigenvalue weighted by Crippen LogP contribution is -2.45. The molecule has 0 aromatic carbocycles. The maximum absolute atomic E-state index is 12.5. The fourth-order valence-electron chi connectivity index (χ4n) is 9.28. The average Bonchev–Trinajstić information content (AvgIpc) is 3.31. The summed E-state index contributed by atoms with van der Waals surface area (Å²) in [4.78, 5) is 24.5. The van der Waals surface area contributed by atoms with Crippen LogP contribution in [0.4, 0.5) is 0 Å². The molecule has 0 radical (unpaired) electrons. The van der Waals surface area contributed by atoms with Crippen molar-refractivity contribution in [3.05, 3.63) is 12.2 Å². The fourth-order valence-corrected chi connectivity index (χ4v) is 9.28. The van der Waals surface area contributed by atoms with E-state index >= 15 is 0 Å². The molecule has 6 heteroatoms. The van der Waals surface area contributed by atoms with Crippen LogP contribution in [0.3, 0.4) is 0 Å². The standard InChI is InChI=1S/C59H115NO5/c1-3-5-7-9-11-13-15-17-19-21-24-27-31-35-39-43-47-51-57(62)56(55-61)60-58(63)52-48-44-40-36-32-28-25-22-20-23-26-30-34-38-42-46-50-54-65-59(64)53-49-45-41-37-33-29-18-16-14-12-10-8-6-4-2/h20,23,56-57,61-62H,3-19,21-22,24-55H2,1-2H3,(H,60,63)/b23-20-. The number of aliphatic hydroxyl groups excluding tert-OH is 2. The van der Waals surface area contributed by atoms with Crippen LogP contribution < -0.4 is 5.32 Å². The summed E-state index contributed by atoms with van der Waals surface area (Å²) in [5, 5.41) is 23.3. The first-order valence-electron chi connectivity index (χ1n) is 29.4. The molecule has 0 aliphatic rings. The highest BCUT2D eigenvalue weighted by atomic mass is 16.5. The third-order valence-electron chi connectivity index (χ3n) is 13.8. The summed E-state index contributed by atoms with van der Waals surface area (Å²) in [7, 11) is 0. The Balaban J connectivity index is 3.44. The maximum Gasteiger partial charge on any atom is 0.305 e. The molecule has 0 rings (SSSR count). The number of aliphatic hydroxyl groups is 2. The lowest BCUT2D eigenvalue weighted by molar-refractivity contribution is -0.143. The average molecular weight is 919 g/mol. The number of nitrogens with one attached hydrogen (secondary N) is 1. The van der Waals surface area contributed by atoms with Gasteiger partial charge in [0.25, 0.3) is 0 Å². The molecule has 0 aliphatic heterocycles. The topological polar surface area (TPSA) is 95.9 Å². The molecular weight excluding hydrogens is 803 g/mol. The Morgan fingerprint density at radius 2 is 0.723 bits per heavy atom. The molecule has 1 amide bonds. The summed E-state index contributed by atoms with van der Waals surface area (Å²) in [5.74, 6) is -0.0431. The van der Waals surface area contributed by atoms with Crippen LogP contribution in [0.1, 0.15) is 328 Å². The van der Waals surface area contributed by atoms with E-state index in [2.05, 4.69) is 31.3 Å². The summed E-state index contributed by atoms with van der Waals surface area (Å²) in [6, 6.07) is -0.550. The number of hydrogen-bond donors (Lipinski definition) is 3. The highest BCUT2D eigenvalue weighted by Crippen LogP contribution is 2.17. The number of ether oxygens (including phenoxy) is 1. The first kappa shape index (κ1) is 63.6. The highest BCUT2D eigenvalue weighted by Gasteiger charge is 2.20. The Kier molecular flexibility index (Phi) is 54.0. The molecule has 6 nitrogen and oxygen atoms in total. The van der Waals surface area contributed by atoms with Gasteiger partial charge < -0.3 is 20.3 Å². The van der Waals surface area contributed by atoms with Gasteiger partial charge in [-0.3, -0.25) is 9.59 Å². The van der Waals surface area contributed by atoms with Gasteiger partial charge in [0.2, 0.25) is 5.91 Å². The highest BCUT2D eigenvalue weighted by molar-refractivity contribution is 5.76. The molecule has 0 saturated heterocycles. The first-order chi connectivity index (χ1) is 32.0. The van der Waals surface area contributed by atoms with Crippen molar-refractivity contribution in [2.75, 3.05) is 13.2 Å². The van der Waals surface area contributed by atoms with Gasteiger partial charge in [0.05, 0.1) is 25.4 Å². The molecule has 0 heterocycles. The zero-order valence-electron chi connectivity index (χ0n) is 44.0. The predicted molar refractivity (Wildman–Crippen MR) is 283 cm³/mol. The molecule has 0 bridgehead atoms. The number of hydrogen-bond acceptors (Lipinski definition) is 5. The van der Waals surface area contributed by atoms with Crippen molar-refractivity contribution >= 4 is 11.9 Å². The van der Waals surface area contributed by atoms with Crippen LogP contribution in [-0.2, 0) is 14.3 Å². The predicted octanol–water partition coefficient (Wildman–Crippen LogP) is 18.1. The molecule has 65 heavy (non-hydrogen) atoms. The number of carbonyl (C=O) groups excluding carboxylic acids is 2. The monoisotopic (exact) mass is 918 g/mol. The Morgan fingerprint density at radius 3 is 1.09 bits per heavy atom. The van der Waals surface area contributed by atoms with Gasteiger partial charge in [0, 0.05) is 12.8 Å². The van der Waals surface area contributed by atoms with Gasteiger partial charge in [-0.25, -0.2) is 0 Å². The van der Waals surface area contributed by atoms with E-state index in [4.69, 9.17) is 4.74 Å². The van der Waals surface area contributed by atoms with Gasteiger partial charge in [0.15, 0.2) is 0 Å². The van der Waals surface area contributed by atoms with Crippen molar-refractivity contribution in [1.82, 2.24) is 5.32 Å². The third kappa shape index (κ3) is 51.8. The number of amides is 1. The SMILES string of the molecule is CCCCCCCCCCCCCCCCCCCC(O)C(CO)NC(=O)CCCCCCCCC/C=C\CCCCCCCCOC(=O)CCCCCCCCCCCCCCCC. The molecule has 2 unspecified atom stereocenters. The van der Waals surface area contributed by atoms with Crippen molar-refractivity contribution in [3.63, 3.8) is 0 Å². The van der Waals surface area contributed by atoms with Crippen LogP contribution >= 0.6 is 0 Å². The second kappa shape index (κ2) is 55.2. The number of unbranched alkanes of at least 4 members (excludes halogenated alkanes) is 42. The Labute approximate surface area is 406 Å². The molecule has 2 atom stereocenters. The minimum atomic E-state index is -0.671. The largest absolute Gasteiger partial charge is 0.466 e. The van der Waals surface area contributed by atoms with Crippen LogP contribution in [0.15, 0.2) is 12.2 Å². The molecule has 386 valence electrons. The second-order valence-corrected chi connectivity index (χ2v) is 20.3. The van der Waals surface area contributed by atoms with E-state index in [9.17, 15) is 19.8 Å². The van der Waals surface area contributed by atoms with E-state index < -0.39 is 12.1 Å². The number of carbonyl (C=O) groups is 2. The quantitative estimate of drug-likeness (QED) is 0.0321. The Bertz CT molecular complexity index is 970. The maximum atomic E-state index is 12.5. The number of esters is 1. The van der Waals surface area contributed by atoms with E-state index in [1.807, 2.05) is 0 Å². The van der Waals surface area contributed by atoms with Crippen molar-refractivity contribution in [2.24, 2.45) is 0 Å². The lowest BCUT2D eigenvalue weighted by atomic mass is 10.0. The molecule has 0 fully saturated rings. The van der Waals surface area contributed by atoms with Crippen molar-refractivity contribution in [3.8, 4) is 0 Å². The zero-order chi connectivity index (χ0) is 47.2. The van der Waals surface area contributed by atoms with E-state index in [1.165, 1.54) is 244 Å².